The molecule has 0 aliphatic carbocycles. The molecule has 0 aromatic heterocycles. The molecule has 0 fully saturated rings. The number of ether oxygens (including phenoxy) is 2. The molecular formula is C16H14F16O2. The number of rotatable bonds is 15. The molecular weight excluding hydrogens is 528 g/mol. The standard InChI is InChI=1S/C16H14F16O2/c1-3-5-33-7-9(17,18)11(21,22)13(25,26)15(29,30)16(31,32)14(27,28)12(23,24)10(19,20)8-34-6-4-2/h3-4H,1-2,5-8H2. The highest BCUT2D eigenvalue weighted by Crippen LogP contribution is 2.63. The molecule has 0 aromatic rings. The van der Waals surface area contributed by atoms with E-state index in [-0.39, 0.29) is 0 Å². The molecule has 0 spiro atoms. The molecule has 0 heterocycles. The van der Waals surface area contributed by atoms with Crippen molar-refractivity contribution in [3.05, 3.63) is 25.3 Å². The summed E-state index contributed by atoms with van der Waals surface area (Å²) in [4.78, 5) is 0. The van der Waals surface area contributed by atoms with E-state index in [9.17, 15) is 70.2 Å². The van der Waals surface area contributed by atoms with Gasteiger partial charge in [-0.3, -0.25) is 0 Å². The lowest BCUT2D eigenvalue weighted by molar-refractivity contribution is -0.455. The van der Waals surface area contributed by atoms with E-state index >= 15 is 0 Å². The quantitative estimate of drug-likeness (QED) is 0.134. The fraction of sp³-hybridized carbons (Fsp3) is 0.750. The van der Waals surface area contributed by atoms with Crippen LogP contribution in [0.2, 0.25) is 0 Å². The van der Waals surface area contributed by atoms with Gasteiger partial charge in [0.25, 0.3) is 0 Å². The van der Waals surface area contributed by atoms with Crippen LogP contribution in [0.3, 0.4) is 0 Å². The van der Waals surface area contributed by atoms with Crippen molar-refractivity contribution in [1.82, 2.24) is 0 Å². The van der Waals surface area contributed by atoms with E-state index < -0.39 is 73.8 Å². The van der Waals surface area contributed by atoms with Gasteiger partial charge in [0, 0.05) is 0 Å². The minimum atomic E-state index is -8.46. The van der Waals surface area contributed by atoms with Gasteiger partial charge in [0.1, 0.15) is 13.2 Å². The van der Waals surface area contributed by atoms with Crippen molar-refractivity contribution in [1.29, 1.82) is 0 Å². The molecule has 18 heteroatoms. The maximum Gasteiger partial charge on any atom is 0.385 e. The summed E-state index contributed by atoms with van der Waals surface area (Å²) in [5.41, 5.74) is 0. The Balaban J connectivity index is 6.51. The smallest absolute Gasteiger partial charge is 0.371 e. The molecule has 0 aromatic carbocycles. The average Bonchev–Trinajstić information content (AvgIpc) is 2.67. The van der Waals surface area contributed by atoms with Crippen molar-refractivity contribution in [2.75, 3.05) is 26.4 Å². The number of hydrogen-bond acceptors (Lipinski definition) is 2. The number of alkyl halides is 16. The normalized spacial score (nSPS) is 15.4. The number of halogens is 16. The average molecular weight is 542 g/mol. The van der Waals surface area contributed by atoms with Gasteiger partial charge in [-0.15, -0.1) is 13.2 Å². The van der Waals surface area contributed by atoms with Crippen LogP contribution in [0.5, 0.6) is 0 Å². The Kier molecular flexibility index (Phi) is 9.24. The van der Waals surface area contributed by atoms with Crippen molar-refractivity contribution < 1.29 is 79.7 Å². The van der Waals surface area contributed by atoms with E-state index in [0.29, 0.717) is 12.2 Å². The van der Waals surface area contributed by atoms with Gasteiger partial charge in [0.2, 0.25) is 0 Å². The topological polar surface area (TPSA) is 18.5 Å². The molecule has 0 N–H and O–H groups in total. The highest BCUT2D eigenvalue weighted by Gasteiger charge is 2.94. The summed E-state index contributed by atoms with van der Waals surface area (Å²) < 4.78 is 224. The molecule has 0 rings (SSSR count). The Bertz CT molecular complexity index is 656. The lowest BCUT2D eigenvalue weighted by Crippen LogP contribution is -2.75. The lowest BCUT2D eigenvalue weighted by atomic mass is 9.88. The van der Waals surface area contributed by atoms with Crippen LogP contribution >= 0.6 is 0 Å². The van der Waals surface area contributed by atoms with Crippen molar-refractivity contribution in [2.45, 2.75) is 47.4 Å². The fourth-order valence-electron chi connectivity index (χ4n) is 1.97. The highest BCUT2D eigenvalue weighted by molar-refractivity contribution is 5.16. The predicted molar refractivity (Wildman–Crippen MR) is 81.6 cm³/mol. The fourth-order valence-corrected chi connectivity index (χ4v) is 1.97. The van der Waals surface area contributed by atoms with E-state index in [1.165, 1.54) is 0 Å². The first-order valence-corrected chi connectivity index (χ1v) is 8.27. The van der Waals surface area contributed by atoms with Crippen molar-refractivity contribution >= 4 is 0 Å². The maximum absolute atomic E-state index is 13.6. The highest BCUT2D eigenvalue weighted by atomic mass is 19.4. The van der Waals surface area contributed by atoms with Crippen molar-refractivity contribution in [3.63, 3.8) is 0 Å². The molecule has 34 heavy (non-hydrogen) atoms. The van der Waals surface area contributed by atoms with Gasteiger partial charge in [-0.25, -0.2) is 0 Å². The van der Waals surface area contributed by atoms with Crippen LogP contribution in [0.25, 0.3) is 0 Å². The van der Waals surface area contributed by atoms with Gasteiger partial charge in [-0.2, -0.15) is 70.2 Å². The summed E-state index contributed by atoms with van der Waals surface area (Å²) in [7, 11) is 0. The number of hydrogen-bond donors (Lipinski definition) is 0. The predicted octanol–water partition coefficient (Wildman–Crippen LogP) is 6.47. The van der Waals surface area contributed by atoms with Crippen LogP contribution in [-0.4, -0.2) is 73.8 Å². The minimum Gasteiger partial charge on any atom is -0.371 e. The summed E-state index contributed by atoms with van der Waals surface area (Å²) in [5.74, 6) is -61.7. The van der Waals surface area contributed by atoms with Crippen LogP contribution in [0.1, 0.15) is 0 Å². The maximum atomic E-state index is 13.6. The summed E-state index contributed by atoms with van der Waals surface area (Å²) in [6.07, 6.45) is 1.10. The molecule has 0 atom stereocenters. The minimum absolute atomic E-state index is 0.552. The zero-order valence-electron chi connectivity index (χ0n) is 16.3. The van der Waals surface area contributed by atoms with Crippen molar-refractivity contribution in [2.24, 2.45) is 0 Å². The second-order valence-electron chi connectivity index (χ2n) is 6.46. The van der Waals surface area contributed by atoms with E-state index in [2.05, 4.69) is 22.6 Å². The molecule has 0 bridgehead atoms. The van der Waals surface area contributed by atoms with Gasteiger partial charge in [-0.1, -0.05) is 12.2 Å². The second-order valence-corrected chi connectivity index (χ2v) is 6.46. The van der Waals surface area contributed by atoms with Crippen LogP contribution in [0.4, 0.5) is 70.2 Å². The SMILES string of the molecule is C=CCOCC(F)(F)C(F)(F)C(F)(F)C(F)(F)C(F)(F)C(F)(F)C(F)(F)C(F)(F)COCC=C. The van der Waals surface area contributed by atoms with Gasteiger partial charge in [0.15, 0.2) is 0 Å². The van der Waals surface area contributed by atoms with Gasteiger partial charge < -0.3 is 9.47 Å². The van der Waals surface area contributed by atoms with Gasteiger partial charge in [0.05, 0.1) is 13.2 Å². The van der Waals surface area contributed by atoms with E-state index in [1.807, 2.05) is 0 Å². The summed E-state index contributed by atoms with van der Waals surface area (Å²) in [6.45, 7) is -2.36. The zero-order chi connectivity index (χ0) is 27.7. The lowest BCUT2D eigenvalue weighted by Gasteiger charge is -2.43. The van der Waals surface area contributed by atoms with Gasteiger partial charge >= 0.3 is 47.4 Å². The summed E-state index contributed by atoms with van der Waals surface area (Å²) >= 11 is 0. The first-order valence-electron chi connectivity index (χ1n) is 8.27. The first-order chi connectivity index (χ1) is 14.9. The molecule has 0 saturated carbocycles. The Morgan fingerprint density at radius 3 is 0.824 bits per heavy atom. The first kappa shape index (κ1) is 32.3. The third-order valence-electron chi connectivity index (χ3n) is 3.93. The van der Waals surface area contributed by atoms with Crippen LogP contribution in [0.15, 0.2) is 25.3 Å². The van der Waals surface area contributed by atoms with Crippen molar-refractivity contribution in [3.8, 4) is 0 Å². The molecule has 0 radical (unpaired) electrons. The monoisotopic (exact) mass is 542 g/mol. The Morgan fingerprint density at radius 1 is 0.412 bits per heavy atom. The Morgan fingerprint density at radius 2 is 0.618 bits per heavy atom. The third kappa shape index (κ3) is 4.83. The summed E-state index contributed by atoms with van der Waals surface area (Å²) in [5, 5.41) is 0. The Hall–Kier alpha value is -1.72. The molecule has 0 aliphatic heterocycles. The third-order valence-corrected chi connectivity index (χ3v) is 3.93. The molecule has 202 valence electrons. The van der Waals surface area contributed by atoms with E-state index in [0.717, 1.165) is 0 Å². The summed E-state index contributed by atoms with van der Waals surface area (Å²) in [6, 6.07) is 0. The van der Waals surface area contributed by atoms with E-state index in [1.54, 1.807) is 0 Å². The van der Waals surface area contributed by atoms with Gasteiger partial charge in [-0.05, 0) is 0 Å². The molecule has 0 aliphatic rings. The Labute approximate surface area is 180 Å². The molecule has 0 amide bonds. The molecule has 0 unspecified atom stereocenters. The largest absolute Gasteiger partial charge is 0.385 e. The van der Waals surface area contributed by atoms with E-state index in [4.69, 9.17) is 0 Å². The zero-order valence-corrected chi connectivity index (χ0v) is 16.3. The van der Waals surface area contributed by atoms with Crippen LogP contribution < -0.4 is 0 Å². The second kappa shape index (κ2) is 9.73. The van der Waals surface area contributed by atoms with Crippen LogP contribution in [-0.2, 0) is 9.47 Å². The molecule has 2 nitrogen and oxygen atoms in total. The van der Waals surface area contributed by atoms with Crippen LogP contribution in [0, 0.1) is 0 Å². The molecule has 0 saturated heterocycles.